The van der Waals surface area contributed by atoms with Crippen LogP contribution >= 0.6 is 0 Å². The fraction of sp³-hybridized carbons (Fsp3) is 0.667. The first-order valence-corrected chi connectivity index (χ1v) is 1.39. The summed E-state index contributed by atoms with van der Waals surface area (Å²) in [5.41, 5.74) is 0. The Morgan fingerprint density at radius 2 is 1.67 bits per heavy atom. The largest absolute Gasteiger partial charge is 0.351 e. The molecule has 39 valence electrons. The zero-order valence-corrected chi connectivity index (χ0v) is 6.16. The molecule has 0 bridgehead atoms. The third-order valence-corrected chi connectivity index (χ3v) is 0.211. The van der Waals surface area contributed by atoms with Crippen LogP contribution in [0.5, 0.6) is 0 Å². The van der Waals surface area contributed by atoms with Gasteiger partial charge in [0.2, 0.25) is 6.41 Å². The van der Waals surface area contributed by atoms with Gasteiger partial charge in [-0.25, -0.2) is 0 Å². The molecular formula is C3H7IrNO. The van der Waals surface area contributed by atoms with Gasteiger partial charge in [0.05, 0.1) is 0 Å². The molecule has 0 saturated carbocycles. The average Bonchev–Trinajstić information content (AvgIpc) is 1.38. The van der Waals surface area contributed by atoms with Gasteiger partial charge < -0.3 is 4.90 Å². The molecule has 0 N–H and O–H groups in total. The third-order valence-electron chi connectivity index (χ3n) is 0.211. The van der Waals surface area contributed by atoms with Crippen molar-refractivity contribution >= 4 is 6.41 Å². The fourth-order valence-corrected chi connectivity index (χ4v) is 0. The number of amides is 1. The molecule has 0 aliphatic rings. The Hall–Kier alpha value is 0.119. The first-order chi connectivity index (χ1) is 2.27. The van der Waals surface area contributed by atoms with Crippen molar-refractivity contribution in [1.82, 2.24) is 4.90 Å². The molecule has 0 aliphatic carbocycles. The maximum Gasteiger partial charge on any atom is 0.209 e. The van der Waals surface area contributed by atoms with Gasteiger partial charge in [0.25, 0.3) is 0 Å². The van der Waals surface area contributed by atoms with E-state index in [0.29, 0.717) is 0 Å². The second-order valence-electron chi connectivity index (χ2n) is 1.07. The van der Waals surface area contributed by atoms with E-state index in [9.17, 15) is 4.79 Å². The van der Waals surface area contributed by atoms with Crippen LogP contribution in [0.4, 0.5) is 0 Å². The molecule has 0 unspecified atom stereocenters. The van der Waals surface area contributed by atoms with E-state index >= 15 is 0 Å². The molecule has 0 heterocycles. The van der Waals surface area contributed by atoms with Crippen molar-refractivity contribution in [3.05, 3.63) is 0 Å². The minimum absolute atomic E-state index is 0. The summed E-state index contributed by atoms with van der Waals surface area (Å²) in [4.78, 5) is 10.9. The van der Waals surface area contributed by atoms with Crippen LogP contribution in [0.1, 0.15) is 0 Å². The molecule has 0 aromatic heterocycles. The van der Waals surface area contributed by atoms with E-state index in [1.165, 1.54) is 4.90 Å². The van der Waals surface area contributed by atoms with Crippen LogP contribution in [-0.2, 0) is 24.9 Å². The van der Waals surface area contributed by atoms with Crippen molar-refractivity contribution in [1.29, 1.82) is 0 Å². The van der Waals surface area contributed by atoms with Crippen LogP contribution in [0.15, 0.2) is 0 Å². The normalized spacial score (nSPS) is 5.67. The summed E-state index contributed by atoms with van der Waals surface area (Å²) >= 11 is 0. The topological polar surface area (TPSA) is 20.3 Å². The Labute approximate surface area is 50.9 Å². The van der Waals surface area contributed by atoms with Crippen LogP contribution in [0, 0.1) is 0 Å². The average molecular weight is 265 g/mol. The van der Waals surface area contributed by atoms with Crippen LogP contribution < -0.4 is 0 Å². The first kappa shape index (κ1) is 9.45. The van der Waals surface area contributed by atoms with Gasteiger partial charge in [-0.2, -0.15) is 0 Å². The van der Waals surface area contributed by atoms with Gasteiger partial charge in [0, 0.05) is 34.2 Å². The summed E-state index contributed by atoms with van der Waals surface area (Å²) in [6.07, 6.45) is 0.750. The van der Waals surface area contributed by atoms with Gasteiger partial charge in [-0.15, -0.1) is 0 Å². The number of hydrogen-bond acceptors (Lipinski definition) is 1. The van der Waals surface area contributed by atoms with Crippen LogP contribution in [-0.4, -0.2) is 25.4 Å². The van der Waals surface area contributed by atoms with Gasteiger partial charge in [-0.05, 0) is 0 Å². The van der Waals surface area contributed by atoms with E-state index in [4.69, 9.17) is 0 Å². The van der Waals surface area contributed by atoms with E-state index in [0.717, 1.165) is 6.41 Å². The Morgan fingerprint density at radius 3 is 1.67 bits per heavy atom. The van der Waals surface area contributed by atoms with E-state index in [2.05, 4.69) is 0 Å². The van der Waals surface area contributed by atoms with E-state index in [-0.39, 0.29) is 20.1 Å². The van der Waals surface area contributed by atoms with Crippen molar-refractivity contribution in [2.75, 3.05) is 14.1 Å². The molecule has 2 nitrogen and oxygen atoms in total. The zero-order valence-electron chi connectivity index (χ0n) is 3.77. The Bertz CT molecular complexity index is 37.8. The van der Waals surface area contributed by atoms with E-state index in [1.54, 1.807) is 14.1 Å². The molecule has 1 radical (unpaired) electrons. The maximum atomic E-state index is 9.43. The van der Waals surface area contributed by atoms with Crippen LogP contribution in [0.25, 0.3) is 0 Å². The molecule has 0 atom stereocenters. The Balaban J connectivity index is 0. The molecule has 3 heteroatoms. The van der Waals surface area contributed by atoms with E-state index < -0.39 is 0 Å². The Kier molecular flexibility index (Phi) is 8.06. The molecular weight excluding hydrogens is 258 g/mol. The molecule has 0 saturated heterocycles. The Morgan fingerprint density at radius 1 is 1.50 bits per heavy atom. The second kappa shape index (κ2) is 5.12. The number of nitrogens with zero attached hydrogens (tertiary/aromatic N) is 1. The van der Waals surface area contributed by atoms with E-state index in [1.807, 2.05) is 0 Å². The maximum absolute atomic E-state index is 9.43. The molecule has 0 rings (SSSR count). The molecule has 0 aromatic rings. The predicted octanol–water partition coefficient (Wildman–Crippen LogP) is -0.298. The minimum Gasteiger partial charge on any atom is -0.351 e. The van der Waals surface area contributed by atoms with Crippen molar-refractivity contribution in [3.8, 4) is 0 Å². The standard InChI is InChI=1S/C3H7NO.Ir/c1-4(2)3-5;/h3H,1-2H3;. The van der Waals surface area contributed by atoms with Gasteiger partial charge in [0.1, 0.15) is 0 Å². The molecule has 0 spiro atoms. The summed E-state index contributed by atoms with van der Waals surface area (Å²) in [6.45, 7) is 0. The quantitative estimate of drug-likeness (QED) is 0.596. The number of hydrogen-bond donors (Lipinski definition) is 0. The summed E-state index contributed by atoms with van der Waals surface area (Å²) in [6, 6.07) is 0. The molecule has 6 heavy (non-hydrogen) atoms. The summed E-state index contributed by atoms with van der Waals surface area (Å²) in [5, 5.41) is 0. The van der Waals surface area contributed by atoms with Gasteiger partial charge in [-0.1, -0.05) is 0 Å². The molecule has 0 aromatic carbocycles. The van der Waals surface area contributed by atoms with Crippen molar-refractivity contribution in [2.45, 2.75) is 0 Å². The molecule has 0 fully saturated rings. The third kappa shape index (κ3) is 8.92. The van der Waals surface area contributed by atoms with Crippen LogP contribution in [0.2, 0.25) is 0 Å². The fourth-order valence-electron chi connectivity index (χ4n) is 0. The van der Waals surface area contributed by atoms with Crippen molar-refractivity contribution in [2.24, 2.45) is 0 Å². The first-order valence-electron chi connectivity index (χ1n) is 1.39. The van der Waals surface area contributed by atoms with Gasteiger partial charge in [0.15, 0.2) is 0 Å². The predicted molar refractivity (Wildman–Crippen MR) is 19.8 cm³/mol. The monoisotopic (exact) mass is 266 g/mol. The second-order valence-corrected chi connectivity index (χ2v) is 1.07. The zero-order chi connectivity index (χ0) is 4.28. The van der Waals surface area contributed by atoms with Crippen molar-refractivity contribution < 1.29 is 24.9 Å². The number of carbonyl (C=O) groups excluding carboxylic acids is 1. The summed E-state index contributed by atoms with van der Waals surface area (Å²) in [7, 11) is 3.38. The number of carbonyl (C=O) groups is 1. The minimum atomic E-state index is 0. The SMILES string of the molecule is CN(C)C=O.[Ir]. The molecule has 1 amide bonds. The van der Waals surface area contributed by atoms with Crippen LogP contribution in [0.3, 0.4) is 0 Å². The van der Waals surface area contributed by atoms with Crippen molar-refractivity contribution in [3.63, 3.8) is 0 Å². The molecule has 0 aliphatic heterocycles. The van der Waals surface area contributed by atoms with Gasteiger partial charge >= 0.3 is 0 Å². The van der Waals surface area contributed by atoms with Gasteiger partial charge in [-0.3, -0.25) is 4.79 Å². The number of rotatable bonds is 1. The summed E-state index contributed by atoms with van der Waals surface area (Å²) in [5.74, 6) is 0. The smallest absolute Gasteiger partial charge is 0.209 e. The summed E-state index contributed by atoms with van der Waals surface area (Å²) < 4.78 is 0.